The molecule has 4 rings (SSSR count). The number of nitrogens with zero attached hydrogens (tertiary/aromatic N) is 4. The van der Waals surface area contributed by atoms with Gasteiger partial charge in [-0.15, -0.1) is 0 Å². The van der Waals surface area contributed by atoms with E-state index in [0.29, 0.717) is 30.8 Å². The predicted molar refractivity (Wildman–Crippen MR) is 118 cm³/mol. The molecule has 1 amide bonds. The van der Waals surface area contributed by atoms with Crippen LogP contribution in [0, 0.1) is 13.8 Å². The minimum Gasteiger partial charge on any atom is -0.369 e. The van der Waals surface area contributed by atoms with Gasteiger partial charge in [-0.1, -0.05) is 5.16 Å². The molecule has 2 saturated heterocycles. The Labute approximate surface area is 183 Å². The van der Waals surface area contributed by atoms with E-state index >= 15 is 0 Å². The summed E-state index contributed by atoms with van der Waals surface area (Å²) in [7, 11) is -1.74. The summed E-state index contributed by atoms with van der Waals surface area (Å²) >= 11 is 0. The first kappa shape index (κ1) is 21.8. The quantitative estimate of drug-likeness (QED) is 0.747. The van der Waals surface area contributed by atoms with Crippen molar-refractivity contribution >= 4 is 27.3 Å². The van der Waals surface area contributed by atoms with Crippen molar-refractivity contribution in [3.8, 4) is 0 Å². The molecule has 1 N–H and O–H groups in total. The number of hydrogen-bond acceptors (Lipinski definition) is 7. The Bertz CT molecular complexity index is 1020. The number of anilines is 2. The lowest BCUT2D eigenvalue weighted by Gasteiger charge is -2.34. The summed E-state index contributed by atoms with van der Waals surface area (Å²) in [4.78, 5) is 17.6. The van der Waals surface area contributed by atoms with Gasteiger partial charge in [0.2, 0.25) is 15.9 Å². The highest BCUT2D eigenvalue weighted by molar-refractivity contribution is 7.89. The predicted octanol–water partition coefficient (Wildman–Crippen LogP) is 1.84. The molecule has 0 unspecified atom stereocenters. The molecule has 168 valence electrons. The fraction of sp³-hybridized carbons (Fsp3) is 0.524. The maximum absolute atomic E-state index is 13.2. The Morgan fingerprint density at radius 3 is 2.39 bits per heavy atom. The number of piperazine rings is 1. The van der Waals surface area contributed by atoms with E-state index in [1.165, 1.54) is 4.31 Å². The summed E-state index contributed by atoms with van der Waals surface area (Å²) in [5.41, 5.74) is 2.09. The Balaban J connectivity index is 1.45. The number of nitrogens with one attached hydrogen (secondary N) is 1. The molecule has 0 bridgehead atoms. The maximum atomic E-state index is 13.2. The van der Waals surface area contributed by atoms with Gasteiger partial charge < -0.3 is 19.6 Å². The normalized spacial score (nSPS) is 20.9. The zero-order valence-corrected chi connectivity index (χ0v) is 19.0. The number of amides is 1. The molecule has 0 radical (unpaired) electrons. The van der Waals surface area contributed by atoms with E-state index in [1.54, 1.807) is 13.8 Å². The van der Waals surface area contributed by atoms with Crippen LogP contribution >= 0.6 is 0 Å². The van der Waals surface area contributed by atoms with Crippen molar-refractivity contribution in [1.29, 1.82) is 0 Å². The Kier molecular flexibility index (Phi) is 6.05. The second-order valence-corrected chi connectivity index (χ2v) is 10.1. The molecule has 2 aromatic rings. The number of aryl methyl sites for hydroxylation is 2. The molecule has 9 nitrogen and oxygen atoms in total. The van der Waals surface area contributed by atoms with Crippen molar-refractivity contribution in [2.75, 3.05) is 50.0 Å². The van der Waals surface area contributed by atoms with E-state index in [2.05, 4.69) is 27.3 Å². The first-order chi connectivity index (χ1) is 14.8. The average Bonchev–Trinajstić information content (AvgIpc) is 3.37. The molecule has 0 aliphatic carbocycles. The van der Waals surface area contributed by atoms with Crippen LogP contribution < -0.4 is 10.2 Å². The molecule has 3 heterocycles. The summed E-state index contributed by atoms with van der Waals surface area (Å²) in [5, 5.41) is 6.64. The standard InChI is InChI=1S/C21H29N5O4S/c1-15-20(16(2)30-23-15)31(28,29)26-10-4-5-19(26)21(27)22-17-6-8-18(9-7-17)25-13-11-24(3)12-14-25/h6-9,19H,4-5,10-14H2,1-3H3,(H,22,27)/t19-/m0/s1. The number of carbonyl (C=O) groups is 1. The van der Waals surface area contributed by atoms with Crippen LogP contribution in [0.5, 0.6) is 0 Å². The number of carbonyl (C=O) groups excluding carboxylic acids is 1. The molecule has 1 aromatic heterocycles. The van der Waals surface area contributed by atoms with E-state index < -0.39 is 16.1 Å². The number of aromatic nitrogens is 1. The minimum absolute atomic E-state index is 0.0590. The largest absolute Gasteiger partial charge is 0.369 e. The van der Waals surface area contributed by atoms with Crippen molar-refractivity contribution in [2.45, 2.75) is 37.6 Å². The summed E-state index contributed by atoms with van der Waals surface area (Å²) < 4.78 is 32.7. The smallest absolute Gasteiger partial charge is 0.249 e. The summed E-state index contributed by atoms with van der Waals surface area (Å²) in [6, 6.07) is 6.97. The van der Waals surface area contributed by atoms with Crippen LogP contribution in [-0.2, 0) is 14.8 Å². The topological polar surface area (TPSA) is 99.0 Å². The van der Waals surface area contributed by atoms with Gasteiger partial charge in [0.1, 0.15) is 16.6 Å². The van der Waals surface area contributed by atoms with Gasteiger partial charge in [-0.25, -0.2) is 8.42 Å². The Morgan fingerprint density at radius 1 is 1.10 bits per heavy atom. The number of hydrogen-bond donors (Lipinski definition) is 1. The number of rotatable bonds is 5. The molecular formula is C21H29N5O4S. The Morgan fingerprint density at radius 2 is 1.77 bits per heavy atom. The average molecular weight is 448 g/mol. The zero-order chi connectivity index (χ0) is 22.2. The fourth-order valence-corrected chi connectivity index (χ4v) is 6.25. The molecule has 2 aliphatic heterocycles. The van der Waals surface area contributed by atoms with Crippen molar-refractivity contribution in [1.82, 2.24) is 14.4 Å². The first-order valence-corrected chi connectivity index (χ1v) is 12.0. The van der Waals surface area contributed by atoms with Crippen LogP contribution in [0.25, 0.3) is 0 Å². The summed E-state index contributed by atoms with van der Waals surface area (Å²) in [5.74, 6) is -0.0803. The van der Waals surface area contributed by atoms with Crippen molar-refractivity contribution in [3.63, 3.8) is 0 Å². The SMILES string of the molecule is Cc1noc(C)c1S(=O)(=O)N1CCC[C@H]1C(=O)Nc1ccc(N2CCN(C)CC2)cc1. The highest BCUT2D eigenvalue weighted by Crippen LogP contribution is 2.30. The third-order valence-electron chi connectivity index (χ3n) is 6.04. The van der Waals surface area contributed by atoms with Crippen LogP contribution in [0.15, 0.2) is 33.7 Å². The third kappa shape index (κ3) is 4.32. The first-order valence-electron chi connectivity index (χ1n) is 10.6. The summed E-state index contributed by atoms with van der Waals surface area (Å²) in [6.45, 7) is 7.45. The second kappa shape index (κ2) is 8.60. The van der Waals surface area contributed by atoms with Gasteiger partial charge in [0.05, 0.1) is 0 Å². The van der Waals surface area contributed by atoms with Gasteiger partial charge in [-0.2, -0.15) is 4.31 Å². The van der Waals surface area contributed by atoms with Gasteiger partial charge in [-0.3, -0.25) is 4.79 Å². The van der Waals surface area contributed by atoms with Crippen LogP contribution in [-0.4, -0.2) is 74.5 Å². The molecule has 2 fully saturated rings. The van der Waals surface area contributed by atoms with E-state index in [4.69, 9.17) is 4.52 Å². The van der Waals surface area contributed by atoms with Gasteiger partial charge in [0.25, 0.3) is 0 Å². The second-order valence-electron chi connectivity index (χ2n) is 8.25. The van der Waals surface area contributed by atoms with Gasteiger partial charge in [0, 0.05) is 44.1 Å². The van der Waals surface area contributed by atoms with E-state index in [-0.39, 0.29) is 16.6 Å². The van der Waals surface area contributed by atoms with Crippen molar-refractivity contribution < 1.29 is 17.7 Å². The fourth-order valence-electron chi connectivity index (χ4n) is 4.30. The van der Waals surface area contributed by atoms with E-state index in [1.807, 2.05) is 24.3 Å². The van der Waals surface area contributed by atoms with Crippen LogP contribution in [0.4, 0.5) is 11.4 Å². The lowest BCUT2D eigenvalue weighted by molar-refractivity contribution is -0.119. The number of sulfonamides is 1. The van der Waals surface area contributed by atoms with Gasteiger partial charge in [-0.05, 0) is 58.0 Å². The van der Waals surface area contributed by atoms with Crippen molar-refractivity contribution in [2.24, 2.45) is 0 Å². The molecule has 0 saturated carbocycles. The molecule has 2 aliphatic rings. The highest BCUT2D eigenvalue weighted by atomic mass is 32.2. The molecular weight excluding hydrogens is 418 g/mol. The maximum Gasteiger partial charge on any atom is 0.249 e. The summed E-state index contributed by atoms with van der Waals surface area (Å²) in [6.07, 6.45) is 1.11. The van der Waals surface area contributed by atoms with Crippen molar-refractivity contribution in [3.05, 3.63) is 35.7 Å². The zero-order valence-electron chi connectivity index (χ0n) is 18.2. The molecule has 0 spiro atoms. The molecule has 31 heavy (non-hydrogen) atoms. The highest BCUT2D eigenvalue weighted by Gasteiger charge is 2.41. The molecule has 1 atom stereocenters. The monoisotopic (exact) mass is 447 g/mol. The number of benzene rings is 1. The van der Waals surface area contributed by atoms with Gasteiger partial charge >= 0.3 is 0 Å². The minimum atomic E-state index is -3.86. The Hall–Kier alpha value is -2.43. The third-order valence-corrected chi connectivity index (χ3v) is 8.20. The van der Waals surface area contributed by atoms with E-state index in [9.17, 15) is 13.2 Å². The lowest BCUT2D eigenvalue weighted by Crippen LogP contribution is -2.44. The molecule has 10 heteroatoms. The number of likely N-dealkylation sites (N-methyl/N-ethyl adjacent to an activating group) is 1. The van der Waals surface area contributed by atoms with E-state index in [0.717, 1.165) is 31.9 Å². The van der Waals surface area contributed by atoms with Crippen LogP contribution in [0.2, 0.25) is 0 Å². The van der Waals surface area contributed by atoms with Crippen LogP contribution in [0.1, 0.15) is 24.3 Å². The molecule has 1 aromatic carbocycles. The van der Waals surface area contributed by atoms with Gasteiger partial charge in [0.15, 0.2) is 5.76 Å². The lowest BCUT2D eigenvalue weighted by atomic mass is 10.2. The van der Waals surface area contributed by atoms with Crippen LogP contribution in [0.3, 0.4) is 0 Å².